The topological polar surface area (TPSA) is 82.5 Å². The lowest BCUT2D eigenvalue weighted by Gasteiger charge is -2.26. The summed E-state index contributed by atoms with van der Waals surface area (Å²) in [5.41, 5.74) is -0.475. The molecule has 2 unspecified atom stereocenters. The predicted molar refractivity (Wildman–Crippen MR) is 153 cm³/mol. The summed E-state index contributed by atoms with van der Waals surface area (Å²) in [5.74, 6) is -0.303. The van der Waals surface area contributed by atoms with Crippen LogP contribution in [0.5, 0.6) is 0 Å². The maximum absolute atomic E-state index is 13.5. The van der Waals surface area contributed by atoms with Gasteiger partial charge in [0, 0.05) is 53.6 Å². The number of pyridine rings is 1. The van der Waals surface area contributed by atoms with Crippen LogP contribution in [0.2, 0.25) is 0 Å². The van der Waals surface area contributed by atoms with Crippen molar-refractivity contribution in [1.82, 2.24) is 9.71 Å². The number of fused-ring (bicyclic) bond motifs is 1. The maximum Gasteiger partial charge on any atom is 0.421 e. The molecule has 40 heavy (non-hydrogen) atoms. The van der Waals surface area contributed by atoms with Gasteiger partial charge in [0.25, 0.3) is 0 Å². The van der Waals surface area contributed by atoms with Gasteiger partial charge in [-0.3, -0.25) is 4.98 Å². The van der Waals surface area contributed by atoms with E-state index in [2.05, 4.69) is 9.71 Å². The lowest BCUT2D eigenvalue weighted by molar-refractivity contribution is -0.258. The van der Waals surface area contributed by atoms with Gasteiger partial charge in [0.05, 0.1) is 10.9 Å². The molecule has 0 spiro atoms. The van der Waals surface area contributed by atoms with Crippen molar-refractivity contribution in [3.63, 3.8) is 0 Å². The number of halogens is 3. The Bertz CT molecular complexity index is 1650. The predicted octanol–water partition coefficient (Wildman–Crippen LogP) is 6.01. The van der Waals surface area contributed by atoms with Gasteiger partial charge in [0.15, 0.2) is 5.60 Å². The zero-order chi connectivity index (χ0) is 28.9. The smallest absolute Gasteiger partial charge is 0.377 e. The van der Waals surface area contributed by atoms with Crippen LogP contribution in [0.15, 0.2) is 66.9 Å². The number of thiophene rings is 1. The van der Waals surface area contributed by atoms with E-state index in [1.165, 1.54) is 23.6 Å². The molecule has 0 radical (unpaired) electrons. The van der Waals surface area contributed by atoms with Gasteiger partial charge in [-0.25, -0.2) is 13.1 Å². The highest BCUT2D eigenvalue weighted by Gasteiger charge is 2.51. The quantitative estimate of drug-likeness (QED) is 0.250. The fourth-order valence-corrected chi connectivity index (χ4v) is 7.44. The van der Waals surface area contributed by atoms with Crippen LogP contribution in [0.1, 0.15) is 41.7 Å². The Balaban J connectivity index is 1.60. The minimum Gasteiger partial charge on any atom is -0.377 e. The summed E-state index contributed by atoms with van der Waals surface area (Å²) in [5, 5.41) is 10.8. The second-order valence-electron chi connectivity index (χ2n) is 10.5. The second-order valence-corrected chi connectivity index (χ2v) is 13.6. The van der Waals surface area contributed by atoms with Crippen LogP contribution in [0.3, 0.4) is 0 Å². The molecule has 2 atom stereocenters. The van der Waals surface area contributed by atoms with Crippen molar-refractivity contribution in [3.8, 4) is 11.3 Å². The van der Waals surface area contributed by atoms with E-state index >= 15 is 0 Å². The Labute approximate surface area is 235 Å². The number of aliphatic hydroxyl groups is 1. The lowest BCUT2D eigenvalue weighted by atomic mass is 9.94. The van der Waals surface area contributed by atoms with Crippen LogP contribution in [-0.4, -0.2) is 50.6 Å². The van der Waals surface area contributed by atoms with Gasteiger partial charge in [-0.05, 0) is 60.5 Å². The van der Waals surface area contributed by atoms with E-state index < -0.39 is 21.8 Å². The minimum atomic E-state index is -4.85. The molecule has 2 aromatic heterocycles. The maximum atomic E-state index is 13.5. The third-order valence-corrected chi connectivity index (χ3v) is 10.5. The first-order valence-electron chi connectivity index (χ1n) is 12.8. The van der Waals surface area contributed by atoms with Crippen molar-refractivity contribution < 1.29 is 26.7 Å². The number of hydrogen-bond donors (Lipinski definition) is 2. The fourth-order valence-electron chi connectivity index (χ4n) is 4.75. The van der Waals surface area contributed by atoms with E-state index in [0.29, 0.717) is 24.1 Å². The van der Waals surface area contributed by atoms with Crippen LogP contribution in [-0.2, 0) is 15.6 Å². The lowest BCUT2D eigenvalue weighted by Crippen LogP contribution is -2.39. The van der Waals surface area contributed by atoms with Crippen molar-refractivity contribution in [2.45, 2.75) is 42.7 Å². The zero-order valence-corrected chi connectivity index (χ0v) is 23.9. The van der Waals surface area contributed by atoms with E-state index in [0.717, 1.165) is 39.2 Å². The van der Waals surface area contributed by atoms with Crippen molar-refractivity contribution in [1.29, 1.82) is 0 Å². The molecular formula is C29H30F3N3O3S2. The third kappa shape index (κ3) is 5.47. The number of nitrogens with zero attached hydrogens (tertiary/aromatic N) is 2. The average Bonchev–Trinajstić information content (AvgIpc) is 3.68. The van der Waals surface area contributed by atoms with Crippen molar-refractivity contribution in [2.24, 2.45) is 0 Å². The third-order valence-electron chi connectivity index (χ3n) is 7.30. The molecule has 11 heteroatoms. The van der Waals surface area contributed by atoms with Gasteiger partial charge in [-0.15, -0.1) is 11.3 Å². The monoisotopic (exact) mass is 589 g/mol. The summed E-state index contributed by atoms with van der Waals surface area (Å²) in [6.07, 6.45) is -2.27. The molecule has 1 aliphatic rings. The summed E-state index contributed by atoms with van der Waals surface area (Å²) in [6.45, 7) is 0.902. The Morgan fingerprint density at radius 1 is 1.10 bits per heavy atom. The summed E-state index contributed by atoms with van der Waals surface area (Å²) in [6, 6.07) is 17.8. The molecule has 0 saturated heterocycles. The first-order valence-corrected chi connectivity index (χ1v) is 15.2. The SMILES string of the molecule is CN(C)c1ccccc1C(CNS(=O)(=O)C1CC1)c1cc2cccc(-c3cc(C(C)(O)C(F)(F)F)ccn3)c2s1. The van der Waals surface area contributed by atoms with Gasteiger partial charge >= 0.3 is 6.18 Å². The molecular weight excluding hydrogens is 559 g/mol. The van der Waals surface area contributed by atoms with E-state index in [9.17, 15) is 26.7 Å². The van der Waals surface area contributed by atoms with Crippen LogP contribution in [0.25, 0.3) is 21.3 Å². The number of benzene rings is 2. The first kappa shape index (κ1) is 28.5. The van der Waals surface area contributed by atoms with Crippen LogP contribution in [0.4, 0.5) is 18.9 Å². The molecule has 1 aliphatic carbocycles. The van der Waals surface area contributed by atoms with Crippen molar-refractivity contribution in [3.05, 3.63) is 82.9 Å². The number of rotatable bonds is 9. The molecule has 1 saturated carbocycles. The largest absolute Gasteiger partial charge is 0.421 e. The van der Waals surface area contributed by atoms with Gasteiger partial charge in [0.1, 0.15) is 0 Å². The number of aromatic nitrogens is 1. The van der Waals surface area contributed by atoms with Gasteiger partial charge in [0.2, 0.25) is 10.0 Å². The molecule has 0 bridgehead atoms. The zero-order valence-electron chi connectivity index (χ0n) is 22.2. The number of nitrogens with one attached hydrogen (secondary N) is 1. The minimum absolute atomic E-state index is 0.175. The summed E-state index contributed by atoms with van der Waals surface area (Å²) in [7, 11) is 0.437. The Morgan fingerprint density at radius 2 is 1.82 bits per heavy atom. The summed E-state index contributed by atoms with van der Waals surface area (Å²) < 4.78 is 69.7. The van der Waals surface area contributed by atoms with Gasteiger partial charge in [-0.2, -0.15) is 13.2 Å². The molecule has 1 fully saturated rings. The number of anilines is 1. The van der Waals surface area contributed by atoms with Crippen molar-refractivity contribution >= 4 is 37.1 Å². The highest BCUT2D eigenvalue weighted by Crippen LogP contribution is 2.43. The van der Waals surface area contributed by atoms with Crippen LogP contribution < -0.4 is 9.62 Å². The van der Waals surface area contributed by atoms with Gasteiger partial charge in [-0.1, -0.05) is 36.4 Å². The number of alkyl halides is 3. The van der Waals surface area contributed by atoms with E-state index in [1.54, 1.807) is 6.07 Å². The number of sulfonamides is 1. The molecule has 2 heterocycles. The highest BCUT2D eigenvalue weighted by atomic mass is 32.2. The standard InChI is InChI=1S/C29H30F3N3O3S2/c1-28(36,29(30,31)32)19-13-14-33-24(16-19)22-9-6-7-18-15-26(39-27(18)22)23(17-34-40(37,38)20-11-12-20)21-8-4-5-10-25(21)35(2)3/h4-10,13-16,20,23,34,36H,11-12,17H2,1-3H3. The Morgan fingerprint density at radius 3 is 2.50 bits per heavy atom. The van der Waals surface area contributed by atoms with E-state index in [4.69, 9.17) is 0 Å². The second kappa shape index (κ2) is 10.4. The molecule has 4 aromatic rings. The molecule has 0 aliphatic heterocycles. The summed E-state index contributed by atoms with van der Waals surface area (Å²) in [4.78, 5) is 7.23. The number of para-hydroxylation sites is 1. The summed E-state index contributed by atoms with van der Waals surface area (Å²) >= 11 is 1.46. The molecule has 2 N–H and O–H groups in total. The number of hydrogen-bond acceptors (Lipinski definition) is 6. The Hall–Kier alpha value is -2.99. The normalized spacial score (nSPS) is 16.6. The van der Waals surface area contributed by atoms with Crippen LogP contribution >= 0.6 is 11.3 Å². The molecule has 0 amide bonds. The van der Waals surface area contributed by atoms with Crippen LogP contribution in [0, 0.1) is 0 Å². The first-order chi connectivity index (χ1) is 18.8. The molecule has 2 aromatic carbocycles. The molecule has 212 valence electrons. The average molecular weight is 590 g/mol. The van der Waals surface area contributed by atoms with E-state index in [-0.39, 0.29) is 23.3 Å². The van der Waals surface area contributed by atoms with E-state index in [1.807, 2.05) is 61.5 Å². The fraction of sp³-hybridized carbons (Fsp3) is 0.345. The van der Waals surface area contributed by atoms with Gasteiger partial charge < -0.3 is 10.0 Å². The van der Waals surface area contributed by atoms with Crippen molar-refractivity contribution in [2.75, 3.05) is 25.5 Å². The Kier molecular flexibility index (Phi) is 7.45. The highest BCUT2D eigenvalue weighted by molar-refractivity contribution is 7.90. The molecule has 5 rings (SSSR count). The molecule has 6 nitrogen and oxygen atoms in total.